The highest BCUT2D eigenvalue weighted by atomic mass is 19.1. The van der Waals surface area contributed by atoms with Gasteiger partial charge in [0.05, 0.1) is 4.92 Å². The van der Waals surface area contributed by atoms with E-state index >= 15 is 0 Å². The number of halogens is 1. The third-order valence-electron chi connectivity index (χ3n) is 5.36. The van der Waals surface area contributed by atoms with Gasteiger partial charge in [-0.25, -0.2) is 4.39 Å². The highest BCUT2D eigenvalue weighted by Gasteiger charge is 2.31. The van der Waals surface area contributed by atoms with Crippen molar-refractivity contribution in [3.05, 3.63) is 69.5 Å². The Balaban J connectivity index is 1.43. The number of hydrogen-bond donors (Lipinski definition) is 0. The highest BCUT2D eigenvalue weighted by Crippen LogP contribution is 2.37. The Labute approximate surface area is 145 Å². The van der Waals surface area contributed by atoms with Crippen LogP contribution in [0.1, 0.15) is 23.6 Å². The van der Waals surface area contributed by atoms with Crippen LogP contribution in [0.4, 0.5) is 15.8 Å². The molecule has 2 aromatic rings. The molecule has 6 heteroatoms. The lowest BCUT2D eigenvalue weighted by Gasteiger charge is -2.39. The van der Waals surface area contributed by atoms with Gasteiger partial charge in [0.25, 0.3) is 5.69 Å². The summed E-state index contributed by atoms with van der Waals surface area (Å²) in [5, 5.41) is 10.8. The smallest absolute Gasteiger partial charge is 0.269 e. The third-order valence-corrected chi connectivity index (χ3v) is 5.36. The van der Waals surface area contributed by atoms with Gasteiger partial charge >= 0.3 is 0 Å². The van der Waals surface area contributed by atoms with Crippen molar-refractivity contribution in [2.24, 2.45) is 0 Å². The number of nitro benzene ring substituents is 1. The van der Waals surface area contributed by atoms with Crippen molar-refractivity contribution in [3.8, 4) is 0 Å². The summed E-state index contributed by atoms with van der Waals surface area (Å²) in [5.74, 6) is -0.0792. The van der Waals surface area contributed by atoms with Gasteiger partial charge in [0.1, 0.15) is 5.82 Å². The molecule has 1 saturated heterocycles. The molecule has 5 nitrogen and oxygen atoms in total. The first-order valence-corrected chi connectivity index (χ1v) is 8.64. The van der Waals surface area contributed by atoms with E-state index < -0.39 is 0 Å². The largest absolute Gasteiger partial charge is 0.369 e. The monoisotopic (exact) mass is 341 g/mol. The van der Waals surface area contributed by atoms with Gasteiger partial charge in [-0.15, -0.1) is 0 Å². The molecule has 1 heterocycles. The van der Waals surface area contributed by atoms with Gasteiger partial charge in [-0.1, -0.05) is 12.1 Å². The topological polar surface area (TPSA) is 49.6 Å². The summed E-state index contributed by atoms with van der Waals surface area (Å²) in [5.41, 5.74) is 3.16. The van der Waals surface area contributed by atoms with Crippen molar-refractivity contribution in [2.75, 3.05) is 31.1 Å². The molecular weight excluding hydrogens is 321 g/mol. The average molecular weight is 341 g/mol. The minimum Gasteiger partial charge on any atom is -0.369 e. The van der Waals surface area contributed by atoms with Crippen molar-refractivity contribution in [1.29, 1.82) is 0 Å². The summed E-state index contributed by atoms with van der Waals surface area (Å²) in [7, 11) is 0. The van der Waals surface area contributed by atoms with E-state index in [9.17, 15) is 14.5 Å². The zero-order valence-corrected chi connectivity index (χ0v) is 13.9. The molecule has 2 aliphatic rings. The molecule has 2 aromatic carbocycles. The molecule has 0 bridgehead atoms. The molecule has 0 radical (unpaired) electrons. The van der Waals surface area contributed by atoms with Gasteiger partial charge in [0.2, 0.25) is 0 Å². The SMILES string of the molecule is O=[N+]([O-])c1ccc(N2CCN(C3CCc4c(F)cccc43)CC2)cc1. The predicted octanol–water partition coefficient (Wildman–Crippen LogP) is 3.54. The zero-order valence-electron chi connectivity index (χ0n) is 13.9. The van der Waals surface area contributed by atoms with Crippen LogP contribution >= 0.6 is 0 Å². The second-order valence-electron chi connectivity index (χ2n) is 6.66. The Morgan fingerprint density at radius 3 is 2.44 bits per heavy atom. The summed E-state index contributed by atoms with van der Waals surface area (Å²) in [6.45, 7) is 3.58. The Bertz CT molecular complexity index is 786. The second-order valence-corrected chi connectivity index (χ2v) is 6.66. The molecule has 0 aromatic heterocycles. The van der Waals surface area contributed by atoms with Crippen molar-refractivity contribution in [1.82, 2.24) is 4.90 Å². The summed E-state index contributed by atoms with van der Waals surface area (Å²) >= 11 is 0. The highest BCUT2D eigenvalue weighted by molar-refractivity contribution is 5.51. The summed E-state index contributed by atoms with van der Waals surface area (Å²) < 4.78 is 13.9. The maximum Gasteiger partial charge on any atom is 0.269 e. The maximum atomic E-state index is 13.9. The molecule has 1 fully saturated rings. The molecule has 130 valence electrons. The number of fused-ring (bicyclic) bond motifs is 1. The minimum absolute atomic E-state index is 0.0792. The van der Waals surface area contributed by atoms with E-state index in [1.54, 1.807) is 24.3 Å². The first-order valence-electron chi connectivity index (χ1n) is 8.64. The molecule has 25 heavy (non-hydrogen) atoms. The lowest BCUT2D eigenvalue weighted by molar-refractivity contribution is -0.384. The maximum absolute atomic E-state index is 13.9. The Kier molecular flexibility index (Phi) is 4.13. The summed E-state index contributed by atoms with van der Waals surface area (Å²) in [6, 6.07) is 12.5. The predicted molar refractivity (Wildman–Crippen MR) is 94.3 cm³/mol. The first-order chi connectivity index (χ1) is 12.1. The number of hydrogen-bond acceptors (Lipinski definition) is 4. The molecule has 1 unspecified atom stereocenters. The average Bonchev–Trinajstić information content (AvgIpc) is 3.07. The summed E-state index contributed by atoms with van der Waals surface area (Å²) in [6.07, 6.45) is 1.79. The fourth-order valence-electron chi connectivity index (χ4n) is 4.04. The quantitative estimate of drug-likeness (QED) is 0.633. The van der Waals surface area contributed by atoms with Crippen molar-refractivity contribution >= 4 is 11.4 Å². The van der Waals surface area contributed by atoms with Crippen LogP contribution in [0.5, 0.6) is 0 Å². The fourth-order valence-corrected chi connectivity index (χ4v) is 4.04. The van der Waals surface area contributed by atoms with Crippen molar-refractivity contribution in [2.45, 2.75) is 18.9 Å². The number of rotatable bonds is 3. The van der Waals surface area contributed by atoms with Gasteiger partial charge in [0, 0.05) is 50.0 Å². The first kappa shape index (κ1) is 16.0. The van der Waals surface area contributed by atoms with E-state index in [1.807, 2.05) is 12.1 Å². The molecule has 1 aliphatic heterocycles. The Hall–Kier alpha value is -2.47. The molecule has 1 aliphatic carbocycles. The van der Waals surface area contributed by atoms with Gasteiger partial charge in [0.15, 0.2) is 0 Å². The lowest BCUT2D eigenvalue weighted by Crippen LogP contribution is -2.47. The van der Waals surface area contributed by atoms with Crippen LogP contribution in [-0.2, 0) is 6.42 Å². The van der Waals surface area contributed by atoms with E-state index in [0.29, 0.717) is 6.04 Å². The van der Waals surface area contributed by atoms with E-state index in [1.165, 1.54) is 0 Å². The number of nitro groups is 1. The van der Waals surface area contributed by atoms with Crippen LogP contribution in [-0.4, -0.2) is 36.0 Å². The van der Waals surface area contributed by atoms with Gasteiger partial charge in [-0.05, 0) is 42.2 Å². The van der Waals surface area contributed by atoms with Crippen LogP contribution in [0.3, 0.4) is 0 Å². The van der Waals surface area contributed by atoms with Gasteiger partial charge < -0.3 is 4.90 Å². The van der Waals surface area contributed by atoms with Crippen LogP contribution < -0.4 is 4.90 Å². The number of piperazine rings is 1. The van der Waals surface area contributed by atoms with Crippen molar-refractivity contribution < 1.29 is 9.31 Å². The van der Waals surface area contributed by atoms with Crippen LogP contribution in [0.2, 0.25) is 0 Å². The molecule has 1 atom stereocenters. The van der Waals surface area contributed by atoms with Crippen LogP contribution in [0.15, 0.2) is 42.5 Å². The number of nitrogens with zero attached hydrogens (tertiary/aromatic N) is 3. The molecule has 0 N–H and O–H groups in total. The van der Waals surface area contributed by atoms with E-state index in [-0.39, 0.29) is 16.4 Å². The van der Waals surface area contributed by atoms with E-state index in [4.69, 9.17) is 0 Å². The molecule has 0 saturated carbocycles. The third kappa shape index (κ3) is 2.98. The number of benzene rings is 2. The second kappa shape index (κ2) is 6.44. The Morgan fingerprint density at radius 2 is 1.76 bits per heavy atom. The standard InChI is InChI=1S/C19H20FN3O2/c20-18-3-1-2-17-16(18)8-9-19(17)22-12-10-21(11-13-22)14-4-6-15(7-5-14)23(24)25/h1-7,19H,8-13H2. The zero-order chi connectivity index (χ0) is 17.4. The van der Waals surface area contributed by atoms with Gasteiger partial charge in [-0.2, -0.15) is 0 Å². The lowest BCUT2D eigenvalue weighted by atomic mass is 10.1. The molecule has 0 spiro atoms. The van der Waals surface area contributed by atoms with Crippen LogP contribution in [0.25, 0.3) is 0 Å². The summed E-state index contributed by atoms with van der Waals surface area (Å²) in [4.78, 5) is 15.1. The van der Waals surface area contributed by atoms with E-state index in [2.05, 4.69) is 15.9 Å². The molecule has 0 amide bonds. The van der Waals surface area contributed by atoms with Gasteiger partial charge in [-0.3, -0.25) is 15.0 Å². The van der Waals surface area contributed by atoms with Crippen molar-refractivity contribution in [3.63, 3.8) is 0 Å². The van der Waals surface area contributed by atoms with E-state index in [0.717, 1.165) is 55.8 Å². The minimum atomic E-state index is -0.377. The normalized spacial score (nSPS) is 20.5. The molecule has 4 rings (SSSR count). The van der Waals surface area contributed by atoms with Crippen LogP contribution in [0, 0.1) is 15.9 Å². The fraction of sp³-hybridized carbons (Fsp3) is 0.368. The number of anilines is 1. The Morgan fingerprint density at radius 1 is 1.04 bits per heavy atom. The number of non-ortho nitro benzene ring substituents is 1. The molecular formula is C19H20FN3O2.